The zero-order valence-electron chi connectivity index (χ0n) is 13.6. The highest BCUT2D eigenvalue weighted by Crippen LogP contribution is 2.27. The number of rotatable bonds is 4. The minimum Gasteiger partial charge on any atom is -0.495 e. The summed E-state index contributed by atoms with van der Waals surface area (Å²) >= 11 is 1.34. The molecule has 1 heterocycles. The molecule has 0 saturated carbocycles. The summed E-state index contributed by atoms with van der Waals surface area (Å²) < 4.78 is 8.19. The number of hydrogen-bond donors (Lipinski definition) is 0. The highest BCUT2D eigenvalue weighted by molar-refractivity contribution is 7.16. The third-order valence-corrected chi connectivity index (χ3v) is 4.77. The van der Waals surface area contributed by atoms with Crippen LogP contribution in [-0.2, 0) is 6.54 Å². The molecule has 2 aromatic carbocycles. The van der Waals surface area contributed by atoms with Crippen LogP contribution in [0.1, 0.15) is 17.3 Å². The van der Waals surface area contributed by atoms with Crippen molar-refractivity contribution in [3.63, 3.8) is 0 Å². The molecule has 25 heavy (non-hydrogen) atoms. The van der Waals surface area contributed by atoms with Crippen molar-refractivity contribution in [2.45, 2.75) is 13.5 Å². The molecule has 1 aromatic heterocycles. The average molecular weight is 357 g/mol. The summed E-state index contributed by atoms with van der Waals surface area (Å²) in [7, 11) is 1.59. The van der Waals surface area contributed by atoms with Gasteiger partial charge in [-0.2, -0.15) is 4.99 Å². The Balaban J connectivity index is 2.20. The number of nitro benzene ring substituents is 1. The molecular formula is C17H15N3O4S. The van der Waals surface area contributed by atoms with E-state index in [4.69, 9.17) is 4.74 Å². The van der Waals surface area contributed by atoms with E-state index in [1.807, 2.05) is 29.7 Å². The summed E-state index contributed by atoms with van der Waals surface area (Å²) in [5, 5.41) is 11.1. The van der Waals surface area contributed by atoms with Gasteiger partial charge in [-0.15, -0.1) is 0 Å². The fourth-order valence-corrected chi connectivity index (χ4v) is 3.71. The first-order chi connectivity index (χ1) is 12.1. The summed E-state index contributed by atoms with van der Waals surface area (Å²) in [5.74, 6) is 0.0511. The Labute approximate surface area is 147 Å². The fourth-order valence-electron chi connectivity index (χ4n) is 2.60. The van der Waals surface area contributed by atoms with Gasteiger partial charge in [0.1, 0.15) is 16.8 Å². The van der Waals surface area contributed by atoms with Gasteiger partial charge in [-0.1, -0.05) is 29.5 Å². The number of fused-ring (bicyclic) bond motifs is 1. The zero-order chi connectivity index (χ0) is 18.0. The van der Waals surface area contributed by atoms with Crippen LogP contribution in [0, 0.1) is 10.1 Å². The van der Waals surface area contributed by atoms with Gasteiger partial charge in [0, 0.05) is 12.6 Å². The van der Waals surface area contributed by atoms with Crippen LogP contribution in [0.3, 0.4) is 0 Å². The summed E-state index contributed by atoms with van der Waals surface area (Å²) in [6.07, 6.45) is 0. The molecule has 128 valence electrons. The largest absolute Gasteiger partial charge is 0.495 e. The average Bonchev–Trinajstić information content (AvgIpc) is 2.98. The predicted molar refractivity (Wildman–Crippen MR) is 95.0 cm³/mol. The molecule has 0 atom stereocenters. The monoisotopic (exact) mass is 357 g/mol. The number of carbonyl (C=O) groups excluding carboxylic acids is 1. The number of nitro groups is 1. The summed E-state index contributed by atoms with van der Waals surface area (Å²) in [6.45, 7) is 2.52. The van der Waals surface area contributed by atoms with Gasteiger partial charge >= 0.3 is 0 Å². The van der Waals surface area contributed by atoms with Gasteiger partial charge in [0.25, 0.3) is 11.6 Å². The first-order valence-corrected chi connectivity index (χ1v) is 8.37. The van der Waals surface area contributed by atoms with Crippen LogP contribution in [0.2, 0.25) is 0 Å². The van der Waals surface area contributed by atoms with Crippen molar-refractivity contribution in [2.24, 2.45) is 4.99 Å². The van der Waals surface area contributed by atoms with Gasteiger partial charge in [0.15, 0.2) is 4.80 Å². The second-order valence-electron chi connectivity index (χ2n) is 5.13. The number of benzene rings is 2. The number of aryl methyl sites for hydroxylation is 1. The number of nitrogens with zero attached hydrogens (tertiary/aromatic N) is 3. The van der Waals surface area contributed by atoms with Crippen LogP contribution in [0.25, 0.3) is 10.2 Å². The first kappa shape index (κ1) is 16.8. The zero-order valence-corrected chi connectivity index (χ0v) is 14.4. The molecule has 8 heteroatoms. The number of para-hydroxylation sites is 2. The number of aromatic nitrogens is 1. The summed E-state index contributed by atoms with van der Waals surface area (Å²) in [6, 6.07) is 11.4. The SMILES string of the molecule is CCn1c(=NC(=O)c2ccccc2[N+](=O)[O-])sc2cccc(OC)c21. The van der Waals surface area contributed by atoms with Crippen LogP contribution in [0.5, 0.6) is 5.75 Å². The number of methoxy groups -OCH3 is 1. The van der Waals surface area contributed by atoms with E-state index in [0.717, 1.165) is 10.2 Å². The normalized spacial score (nSPS) is 11.7. The van der Waals surface area contributed by atoms with Crippen molar-refractivity contribution in [3.05, 3.63) is 62.9 Å². The van der Waals surface area contributed by atoms with Crippen molar-refractivity contribution in [1.29, 1.82) is 0 Å². The molecule has 3 rings (SSSR count). The maximum Gasteiger partial charge on any atom is 0.286 e. The second kappa shape index (κ2) is 6.86. The summed E-state index contributed by atoms with van der Waals surface area (Å²) in [4.78, 5) is 27.7. The molecular weight excluding hydrogens is 342 g/mol. The number of hydrogen-bond acceptors (Lipinski definition) is 5. The lowest BCUT2D eigenvalue weighted by Gasteiger charge is -2.05. The molecule has 0 N–H and O–H groups in total. The molecule has 0 aliphatic carbocycles. The Morgan fingerprint density at radius 2 is 2.04 bits per heavy atom. The molecule has 7 nitrogen and oxygen atoms in total. The smallest absolute Gasteiger partial charge is 0.286 e. The number of thiazole rings is 1. The van der Waals surface area contributed by atoms with Crippen molar-refractivity contribution in [3.8, 4) is 5.75 Å². The van der Waals surface area contributed by atoms with Crippen LogP contribution in [0.4, 0.5) is 5.69 Å². The van der Waals surface area contributed by atoms with E-state index in [-0.39, 0.29) is 11.3 Å². The van der Waals surface area contributed by atoms with E-state index >= 15 is 0 Å². The van der Waals surface area contributed by atoms with Crippen LogP contribution < -0.4 is 9.54 Å². The van der Waals surface area contributed by atoms with Crippen LogP contribution in [-0.4, -0.2) is 22.5 Å². The van der Waals surface area contributed by atoms with E-state index in [1.54, 1.807) is 13.2 Å². The highest BCUT2D eigenvalue weighted by Gasteiger charge is 2.19. The van der Waals surface area contributed by atoms with Gasteiger partial charge < -0.3 is 9.30 Å². The second-order valence-corrected chi connectivity index (χ2v) is 6.14. The maximum atomic E-state index is 12.5. The van der Waals surface area contributed by atoms with E-state index in [1.165, 1.54) is 29.5 Å². The Morgan fingerprint density at radius 3 is 2.72 bits per heavy atom. The molecule has 0 aliphatic rings. The van der Waals surface area contributed by atoms with Gasteiger partial charge in [0.2, 0.25) is 0 Å². The third kappa shape index (κ3) is 3.03. The van der Waals surface area contributed by atoms with Crippen LogP contribution >= 0.6 is 11.3 Å². The Hall–Kier alpha value is -3.00. The van der Waals surface area contributed by atoms with Gasteiger partial charge in [-0.3, -0.25) is 14.9 Å². The minimum absolute atomic E-state index is 0.0282. The molecule has 0 fully saturated rings. The summed E-state index contributed by atoms with van der Waals surface area (Å²) in [5.41, 5.74) is 0.573. The Kier molecular flexibility index (Phi) is 4.62. The quantitative estimate of drug-likeness (QED) is 0.529. The topological polar surface area (TPSA) is 86.7 Å². The minimum atomic E-state index is -0.639. The highest BCUT2D eigenvalue weighted by atomic mass is 32.1. The fraction of sp³-hybridized carbons (Fsp3) is 0.176. The van der Waals surface area contributed by atoms with E-state index in [0.29, 0.717) is 17.1 Å². The third-order valence-electron chi connectivity index (χ3n) is 3.73. The molecule has 0 radical (unpaired) electrons. The van der Waals surface area contributed by atoms with Crippen molar-refractivity contribution in [1.82, 2.24) is 4.57 Å². The van der Waals surface area contributed by atoms with Crippen molar-refractivity contribution >= 4 is 33.1 Å². The van der Waals surface area contributed by atoms with Gasteiger partial charge in [-0.25, -0.2) is 0 Å². The molecule has 0 unspecified atom stereocenters. The van der Waals surface area contributed by atoms with Crippen LogP contribution in [0.15, 0.2) is 47.5 Å². The number of amides is 1. The van der Waals surface area contributed by atoms with E-state index in [2.05, 4.69) is 4.99 Å². The predicted octanol–water partition coefficient (Wildman–Crippen LogP) is 3.38. The van der Waals surface area contributed by atoms with Gasteiger partial charge in [0.05, 0.1) is 16.7 Å². The Morgan fingerprint density at radius 1 is 1.28 bits per heavy atom. The molecule has 1 amide bonds. The Bertz CT molecular complexity index is 1040. The first-order valence-electron chi connectivity index (χ1n) is 7.55. The standard InChI is InChI=1S/C17H15N3O4S/c1-3-19-15-13(24-2)9-6-10-14(15)25-17(19)18-16(21)11-7-4-5-8-12(11)20(22)23/h4-10H,3H2,1-2H3. The lowest BCUT2D eigenvalue weighted by molar-refractivity contribution is -0.385. The lowest BCUT2D eigenvalue weighted by Crippen LogP contribution is -2.16. The molecule has 3 aromatic rings. The number of ether oxygens (including phenoxy) is 1. The van der Waals surface area contributed by atoms with Crippen molar-refractivity contribution < 1.29 is 14.5 Å². The molecule has 0 saturated heterocycles. The molecule has 0 aliphatic heterocycles. The number of carbonyl (C=O) groups is 1. The molecule has 0 spiro atoms. The lowest BCUT2D eigenvalue weighted by atomic mass is 10.2. The van der Waals surface area contributed by atoms with E-state index < -0.39 is 10.8 Å². The van der Waals surface area contributed by atoms with E-state index in [9.17, 15) is 14.9 Å². The van der Waals surface area contributed by atoms with Gasteiger partial charge in [-0.05, 0) is 25.1 Å². The van der Waals surface area contributed by atoms with Crippen molar-refractivity contribution in [2.75, 3.05) is 7.11 Å². The maximum absolute atomic E-state index is 12.5. The molecule has 0 bridgehead atoms.